The molecule has 1 heterocycles. The Morgan fingerprint density at radius 2 is 1.81 bits per heavy atom. The van der Waals surface area contributed by atoms with Gasteiger partial charge in [-0.15, -0.1) is 0 Å². The van der Waals surface area contributed by atoms with Gasteiger partial charge in [0.1, 0.15) is 11.7 Å². The predicted molar refractivity (Wildman–Crippen MR) is 125 cm³/mol. The Bertz CT molecular complexity index is 1120. The molecule has 0 spiro atoms. The van der Waals surface area contributed by atoms with Crippen molar-refractivity contribution in [3.63, 3.8) is 0 Å². The highest BCUT2D eigenvalue weighted by Gasteiger charge is 2.45. The molecule has 0 saturated heterocycles. The van der Waals surface area contributed by atoms with Gasteiger partial charge in [-0.05, 0) is 56.9 Å². The molecule has 0 bridgehead atoms. The Morgan fingerprint density at radius 1 is 1.12 bits per heavy atom. The van der Waals surface area contributed by atoms with E-state index in [2.05, 4.69) is 4.99 Å². The van der Waals surface area contributed by atoms with Crippen LogP contribution in [0.15, 0.2) is 64.8 Å². The highest BCUT2D eigenvalue weighted by Crippen LogP contribution is 2.48. The Hall–Kier alpha value is -2.92. The van der Waals surface area contributed by atoms with Crippen molar-refractivity contribution in [2.45, 2.75) is 51.6 Å². The smallest absolute Gasteiger partial charge is 0.313 e. The normalized spacial score (nSPS) is 23.1. The molecule has 2 aliphatic rings. The van der Waals surface area contributed by atoms with Crippen LogP contribution in [0, 0.1) is 5.92 Å². The molecular formula is C26H26ClNO4. The number of hydrogen-bond donors (Lipinski definition) is 1. The fraction of sp³-hybridized carbons (Fsp3) is 0.346. The van der Waals surface area contributed by atoms with Gasteiger partial charge in [-0.25, -0.2) is 0 Å². The molecule has 2 aromatic rings. The lowest BCUT2D eigenvalue weighted by Gasteiger charge is -2.36. The molecule has 0 fully saturated rings. The van der Waals surface area contributed by atoms with E-state index in [-0.39, 0.29) is 17.8 Å². The summed E-state index contributed by atoms with van der Waals surface area (Å²) in [6.45, 7) is 5.58. The van der Waals surface area contributed by atoms with Gasteiger partial charge < -0.3 is 9.84 Å². The molecule has 0 radical (unpaired) electrons. The summed E-state index contributed by atoms with van der Waals surface area (Å²) in [5.74, 6) is -2.00. The number of allylic oxidation sites excluding steroid dienone is 2. The summed E-state index contributed by atoms with van der Waals surface area (Å²) in [5.41, 5.74) is 3.44. The van der Waals surface area contributed by atoms with E-state index in [0.717, 1.165) is 5.56 Å². The van der Waals surface area contributed by atoms with E-state index in [9.17, 15) is 14.7 Å². The number of hydrogen-bond acceptors (Lipinski definition) is 4. The molecule has 166 valence electrons. The second kappa shape index (κ2) is 8.91. The number of aliphatic carboxylic acids is 1. The molecule has 1 N–H and O–H groups in total. The van der Waals surface area contributed by atoms with Crippen molar-refractivity contribution in [2.75, 3.05) is 0 Å². The third kappa shape index (κ3) is 4.22. The zero-order chi connectivity index (χ0) is 23.0. The number of carbonyl (C=O) groups is 2. The van der Waals surface area contributed by atoms with Crippen LogP contribution in [-0.2, 0) is 9.59 Å². The summed E-state index contributed by atoms with van der Waals surface area (Å²) in [5, 5.41) is 10.7. The van der Waals surface area contributed by atoms with Crippen molar-refractivity contribution in [2.24, 2.45) is 10.9 Å². The highest BCUT2D eigenvalue weighted by molar-refractivity contribution is 6.30. The average Bonchev–Trinajstić information content (AvgIpc) is 2.73. The number of Topliss-reactive ketones (excluding diaryl/α,β-unsaturated/α-hetero) is 1. The van der Waals surface area contributed by atoms with E-state index in [1.165, 1.54) is 0 Å². The minimum absolute atomic E-state index is 0.0146. The van der Waals surface area contributed by atoms with Crippen LogP contribution in [0.5, 0.6) is 5.75 Å². The van der Waals surface area contributed by atoms with Crippen LogP contribution in [-0.4, -0.2) is 28.7 Å². The van der Waals surface area contributed by atoms with Gasteiger partial charge in [0.15, 0.2) is 5.78 Å². The van der Waals surface area contributed by atoms with Crippen LogP contribution in [0.2, 0.25) is 5.02 Å². The zero-order valence-corrected chi connectivity index (χ0v) is 19.1. The summed E-state index contributed by atoms with van der Waals surface area (Å²) in [6, 6.07) is 14.9. The van der Waals surface area contributed by atoms with Crippen LogP contribution < -0.4 is 4.74 Å². The first-order valence-electron chi connectivity index (χ1n) is 10.8. The standard InChI is InChI=1S/C26H26ClNO4/c1-14(2)32-22-7-5-4-6-19(22)24-23(26(30)31)15(3)28-20-12-17(13-21(29)25(20)24)16-8-10-18(27)11-9-16/h4-11,14,17,23-24H,12-13H2,1-3H3,(H,30,31). The number of ether oxygens (including phenoxy) is 1. The minimum atomic E-state index is -0.991. The number of halogens is 1. The summed E-state index contributed by atoms with van der Waals surface area (Å²) in [7, 11) is 0. The van der Waals surface area contributed by atoms with E-state index in [0.29, 0.717) is 46.2 Å². The molecule has 0 saturated carbocycles. The van der Waals surface area contributed by atoms with E-state index in [1.807, 2.05) is 62.4 Å². The highest BCUT2D eigenvalue weighted by atomic mass is 35.5. The van der Waals surface area contributed by atoms with Crippen molar-refractivity contribution in [1.29, 1.82) is 0 Å². The van der Waals surface area contributed by atoms with Gasteiger partial charge in [0, 0.05) is 39.9 Å². The topological polar surface area (TPSA) is 76.0 Å². The Morgan fingerprint density at radius 3 is 2.47 bits per heavy atom. The quantitative estimate of drug-likeness (QED) is 0.624. The van der Waals surface area contributed by atoms with Crippen LogP contribution in [0.1, 0.15) is 56.6 Å². The molecule has 0 aromatic heterocycles. The van der Waals surface area contributed by atoms with Crippen LogP contribution in [0.3, 0.4) is 0 Å². The molecule has 0 amide bonds. The fourth-order valence-corrected chi connectivity index (χ4v) is 4.91. The molecule has 5 nitrogen and oxygen atoms in total. The van der Waals surface area contributed by atoms with Crippen molar-refractivity contribution in [3.8, 4) is 5.75 Å². The number of para-hydroxylation sites is 1. The summed E-state index contributed by atoms with van der Waals surface area (Å²) in [6.07, 6.45) is 0.809. The lowest BCUT2D eigenvalue weighted by molar-refractivity contribution is -0.139. The van der Waals surface area contributed by atoms with Gasteiger partial charge in [0.2, 0.25) is 0 Å². The van der Waals surface area contributed by atoms with Crippen LogP contribution in [0.25, 0.3) is 0 Å². The fourth-order valence-electron chi connectivity index (χ4n) is 4.79. The molecule has 32 heavy (non-hydrogen) atoms. The van der Waals surface area contributed by atoms with Gasteiger partial charge in [-0.3, -0.25) is 14.6 Å². The molecule has 2 aromatic carbocycles. The number of carboxylic acids is 1. The van der Waals surface area contributed by atoms with E-state index < -0.39 is 17.8 Å². The monoisotopic (exact) mass is 451 g/mol. The maximum atomic E-state index is 13.5. The van der Waals surface area contributed by atoms with E-state index in [1.54, 1.807) is 6.92 Å². The first kappa shape index (κ1) is 22.3. The van der Waals surface area contributed by atoms with Crippen molar-refractivity contribution in [1.82, 2.24) is 0 Å². The molecule has 3 unspecified atom stereocenters. The van der Waals surface area contributed by atoms with Crippen molar-refractivity contribution >= 4 is 29.1 Å². The first-order chi connectivity index (χ1) is 15.3. The third-order valence-corrected chi connectivity index (χ3v) is 6.36. The van der Waals surface area contributed by atoms with Crippen molar-refractivity contribution in [3.05, 3.63) is 76.0 Å². The summed E-state index contributed by atoms with van der Waals surface area (Å²) in [4.78, 5) is 30.4. The number of aliphatic imine (C=N–C) groups is 1. The molecule has 4 rings (SSSR count). The second-order valence-electron chi connectivity index (χ2n) is 8.69. The van der Waals surface area contributed by atoms with Crippen LogP contribution in [0.4, 0.5) is 0 Å². The number of rotatable bonds is 5. The number of carboxylic acid groups (broad SMARTS) is 1. The lowest BCUT2D eigenvalue weighted by Crippen LogP contribution is -2.37. The molecule has 6 heteroatoms. The van der Waals surface area contributed by atoms with Crippen molar-refractivity contribution < 1.29 is 19.4 Å². The summed E-state index contributed by atoms with van der Waals surface area (Å²) < 4.78 is 6.00. The number of nitrogens with zero attached hydrogens (tertiary/aromatic N) is 1. The number of benzene rings is 2. The van der Waals surface area contributed by atoms with Gasteiger partial charge in [-0.1, -0.05) is 41.9 Å². The Kier molecular flexibility index (Phi) is 6.20. The lowest BCUT2D eigenvalue weighted by atomic mass is 9.69. The van der Waals surface area contributed by atoms with E-state index >= 15 is 0 Å². The third-order valence-electron chi connectivity index (χ3n) is 6.11. The van der Waals surface area contributed by atoms with Gasteiger partial charge in [0.25, 0.3) is 0 Å². The Labute approximate surface area is 192 Å². The average molecular weight is 452 g/mol. The predicted octanol–water partition coefficient (Wildman–Crippen LogP) is 5.79. The zero-order valence-electron chi connectivity index (χ0n) is 18.3. The summed E-state index contributed by atoms with van der Waals surface area (Å²) >= 11 is 6.03. The second-order valence-corrected chi connectivity index (χ2v) is 9.13. The minimum Gasteiger partial charge on any atom is -0.491 e. The molecule has 3 atom stereocenters. The first-order valence-corrected chi connectivity index (χ1v) is 11.2. The largest absolute Gasteiger partial charge is 0.491 e. The van der Waals surface area contributed by atoms with Gasteiger partial charge in [-0.2, -0.15) is 0 Å². The SMILES string of the molecule is CC1=NC2=C(C(=O)CC(c3ccc(Cl)cc3)C2)C(c2ccccc2OC(C)C)C1C(=O)O. The maximum Gasteiger partial charge on any atom is 0.313 e. The maximum absolute atomic E-state index is 13.5. The van der Waals surface area contributed by atoms with Gasteiger partial charge in [0.05, 0.1) is 6.10 Å². The molecular weight excluding hydrogens is 426 g/mol. The Balaban J connectivity index is 1.82. The van der Waals surface area contributed by atoms with E-state index in [4.69, 9.17) is 16.3 Å². The number of carbonyl (C=O) groups excluding carboxylic acids is 1. The molecule has 1 aliphatic carbocycles. The van der Waals surface area contributed by atoms with Crippen LogP contribution >= 0.6 is 11.6 Å². The molecule has 1 aliphatic heterocycles. The number of ketones is 1. The van der Waals surface area contributed by atoms with Gasteiger partial charge >= 0.3 is 5.97 Å².